The number of hydrogen-bond donors (Lipinski definition) is 1. The molecular weight excluding hydrogens is 286 g/mol. The van der Waals surface area contributed by atoms with E-state index in [9.17, 15) is 14.4 Å². The number of carboxylic acids is 1. The van der Waals surface area contributed by atoms with Gasteiger partial charge in [-0.05, 0) is 6.92 Å². The van der Waals surface area contributed by atoms with Crippen LogP contribution in [0, 0.1) is 0 Å². The molecule has 118 valence electrons. The molecule has 1 saturated heterocycles. The fourth-order valence-corrected chi connectivity index (χ4v) is 2.44. The number of hydrogen-bond acceptors (Lipinski definition) is 4. The molecule has 1 heterocycles. The molecular formula is C16H19NO5. The molecule has 0 aliphatic carbocycles. The molecule has 6 nitrogen and oxygen atoms in total. The number of amides is 1. The summed E-state index contributed by atoms with van der Waals surface area (Å²) in [6.07, 6.45) is -1.14. The Kier molecular flexibility index (Phi) is 5.27. The number of carboxylic acid groups (broad SMARTS) is 1. The first-order chi connectivity index (χ1) is 10.5. The summed E-state index contributed by atoms with van der Waals surface area (Å²) in [7, 11) is 0. The molecule has 0 aromatic heterocycles. The average Bonchev–Trinajstić information content (AvgIpc) is 2.52. The molecule has 1 N–H and O–H groups in total. The fraction of sp³-hybridized carbons (Fsp3) is 0.438. The van der Waals surface area contributed by atoms with Gasteiger partial charge in [-0.15, -0.1) is 0 Å². The molecule has 1 aromatic rings. The van der Waals surface area contributed by atoms with Crippen molar-refractivity contribution in [2.45, 2.75) is 32.0 Å². The summed E-state index contributed by atoms with van der Waals surface area (Å²) in [6, 6.07) is 8.80. The van der Waals surface area contributed by atoms with Gasteiger partial charge in [0.15, 0.2) is 11.9 Å². The van der Waals surface area contributed by atoms with E-state index in [0.29, 0.717) is 12.1 Å². The Morgan fingerprint density at radius 3 is 2.50 bits per heavy atom. The van der Waals surface area contributed by atoms with Crippen molar-refractivity contribution in [3.8, 4) is 0 Å². The van der Waals surface area contributed by atoms with E-state index in [1.54, 1.807) is 31.2 Å². The third-order valence-corrected chi connectivity index (χ3v) is 3.55. The zero-order chi connectivity index (χ0) is 16.1. The molecule has 0 bridgehead atoms. The van der Waals surface area contributed by atoms with Crippen LogP contribution in [0.25, 0.3) is 0 Å². The second-order valence-corrected chi connectivity index (χ2v) is 5.36. The number of carbonyl (C=O) groups excluding carboxylic acids is 2. The van der Waals surface area contributed by atoms with Gasteiger partial charge in [0.1, 0.15) is 0 Å². The van der Waals surface area contributed by atoms with Crippen molar-refractivity contribution in [1.29, 1.82) is 0 Å². The molecule has 1 unspecified atom stereocenters. The van der Waals surface area contributed by atoms with E-state index in [2.05, 4.69) is 0 Å². The Hall–Kier alpha value is -2.21. The summed E-state index contributed by atoms with van der Waals surface area (Å²) in [4.78, 5) is 36.6. The summed E-state index contributed by atoms with van der Waals surface area (Å²) in [6.45, 7) is 2.10. The average molecular weight is 305 g/mol. The molecule has 0 saturated carbocycles. The second-order valence-electron chi connectivity index (χ2n) is 5.36. The van der Waals surface area contributed by atoms with Crippen LogP contribution in [0.4, 0.5) is 0 Å². The lowest BCUT2D eigenvalue weighted by Crippen LogP contribution is -2.51. The van der Waals surface area contributed by atoms with Crippen molar-refractivity contribution in [1.82, 2.24) is 4.90 Å². The zero-order valence-electron chi connectivity index (χ0n) is 12.4. The standard InChI is InChI=1S/C16H19NO5/c1-11-9-17(10-14(22-11)16(20)21)15(19)8-7-13(18)12-5-3-2-4-6-12/h2-6,11,14H,7-10H2,1H3,(H,20,21)/t11-,14?/m1/s1. The number of rotatable bonds is 5. The number of carbonyl (C=O) groups is 3. The van der Waals surface area contributed by atoms with Gasteiger partial charge in [-0.3, -0.25) is 9.59 Å². The summed E-state index contributed by atoms with van der Waals surface area (Å²) < 4.78 is 5.26. The monoisotopic (exact) mass is 305 g/mol. The molecule has 2 rings (SSSR count). The summed E-state index contributed by atoms with van der Waals surface area (Å²) in [5.41, 5.74) is 0.578. The molecule has 6 heteroatoms. The van der Waals surface area contributed by atoms with Crippen LogP contribution >= 0.6 is 0 Å². The van der Waals surface area contributed by atoms with Crippen LogP contribution in [-0.4, -0.2) is 53.0 Å². The van der Waals surface area contributed by atoms with Gasteiger partial charge in [0, 0.05) is 24.9 Å². The molecule has 0 spiro atoms. The molecule has 0 radical (unpaired) electrons. The van der Waals surface area contributed by atoms with Crippen LogP contribution < -0.4 is 0 Å². The number of ether oxygens (including phenoxy) is 1. The summed E-state index contributed by atoms with van der Waals surface area (Å²) in [5.74, 6) is -1.39. The largest absolute Gasteiger partial charge is 0.479 e. The van der Waals surface area contributed by atoms with E-state index in [1.807, 2.05) is 6.07 Å². The van der Waals surface area contributed by atoms with Gasteiger partial charge < -0.3 is 14.7 Å². The maximum absolute atomic E-state index is 12.2. The number of morpholine rings is 1. The number of benzene rings is 1. The van der Waals surface area contributed by atoms with E-state index in [0.717, 1.165) is 0 Å². The van der Waals surface area contributed by atoms with Crippen LogP contribution in [-0.2, 0) is 14.3 Å². The minimum absolute atomic E-state index is 0.0258. The van der Waals surface area contributed by atoms with E-state index < -0.39 is 12.1 Å². The Balaban J connectivity index is 1.89. The van der Waals surface area contributed by atoms with E-state index in [4.69, 9.17) is 9.84 Å². The smallest absolute Gasteiger partial charge is 0.334 e. The van der Waals surface area contributed by atoms with Crippen molar-refractivity contribution in [3.63, 3.8) is 0 Å². The molecule has 2 atom stereocenters. The van der Waals surface area contributed by atoms with Crippen molar-refractivity contribution in [3.05, 3.63) is 35.9 Å². The molecule has 22 heavy (non-hydrogen) atoms. The van der Waals surface area contributed by atoms with Crippen molar-refractivity contribution >= 4 is 17.7 Å². The van der Waals surface area contributed by atoms with Crippen molar-refractivity contribution in [2.75, 3.05) is 13.1 Å². The SMILES string of the molecule is C[C@@H]1CN(C(=O)CCC(=O)c2ccccc2)CC(C(=O)O)O1. The highest BCUT2D eigenvalue weighted by molar-refractivity contribution is 5.97. The molecule has 1 fully saturated rings. The van der Waals surface area contributed by atoms with Gasteiger partial charge >= 0.3 is 5.97 Å². The normalized spacial score (nSPS) is 21.4. The Bertz CT molecular complexity index is 557. The molecule has 1 aliphatic rings. The lowest BCUT2D eigenvalue weighted by Gasteiger charge is -2.35. The number of Topliss-reactive ketones (excluding diaryl/α,β-unsaturated/α-hetero) is 1. The minimum Gasteiger partial charge on any atom is -0.479 e. The fourth-order valence-electron chi connectivity index (χ4n) is 2.44. The Morgan fingerprint density at radius 2 is 1.86 bits per heavy atom. The maximum Gasteiger partial charge on any atom is 0.334 e. The predicted octanol–water partition coefficient (Wildman–Crippen LogP) is 1.35. The first kappa shape index (κ1) is 16.2. The molecule has 1 aromatic carbocycles. The molecule has 1 aliphatic heterocycles. The lowest BCUT2D eigenvalue weighted by molar-refractivity contribution is -0.166. The van der Waals surface area contributed by atoms with Gasteiger partial charge in [-0.25, -0.2) is 4.79 Å². The Labute approximate surface area is 128 Å². The first-order valence-electron chi connectivity index (χ1n) is 7.21. The van der Waals surface area contributed by atoms with E-state index in [1.165, 1.54) is 4.90 Å². The van der Waals surface area contributed by atoms with Crippen LogP contribution in [0.5, 0.6) is 0 Å². The number of nitrogens with zero attached hydrogens (tertiary/aromatic N) is 1. The van der Waals surface area contributed by atoms with Crippen LogP contribution in [0.15, 0.2) is 30.3 Å². The molecule has 1 amide bonds. The van der Waals surface area contributed by atoms with E-state index >= 15 is 0 Å². The summed E-state index contributed by atoms with van der Waals surface area (Å²) in [5, 5.41) is 9.01. The van der Waals surface area contributed by atoms with Crippen molar-refractivity contribution < 1.29 is 24.2 Å². The minimum atomic E-state index is -1.08. The first-order valence-corrected chi connectivity index (χ1v) is 7.21. The topological polar surface area (TPSA) is 83.9 Å². The van der Waals surface area contributed by atoms with Crippen molar-refractivity contribution in [2.24, 2.45) is 0 Å². The maximum atomic E-state index is 12.2. The second kappa shape index (κ2) is 7.17. The highest BCUT2D eigenvalue weighted by atomic mass is 16.5. The van der Waals surface area contributed by atoms with Crippen LogP contribution in [0.3, 0.4) is 0 Å². The van der Waals surface area contributed by atoms with E-state index in [-0.39, 0.29) is 37.2 Å². The highest BCUT2D eigenvalue weighted by Crippen LogP contribution is 2.14. The zero-order valence-corrected chi connectivity index (χ0v) is 12.4. The van der Waals surface area contributed by atoms with Gasteiger partial charge in [0.2, 0.25) is 5.91 Å². The predicted molar refractivity (Wildman–Crippen MR) is 78.6 cm³/mol. The van der Waals surface area contributed by atoms with Gasteiger partial charge in [-0.2, -0.15) is 0 Å². The highest BCUT2D eigenvalue weighted by Gasteiger charge is 2.32. The quantitative estimate of drug-likeness (QED) is 0.830. The third kappa shape index (κ3) is 4.14. The summed E-state index contributed by atoms with van der Waals surface area (Å²) >= 11 is 0. The number of aliphatic carboxylic acids is 1. The number of ketones is 1. The van der Waals surface area contributed by atoms with Crippen LogP contribution in [0.2, 0.25) is 0 Å². The lowest BCUT2D eigenvalue weighted by atomic mass is 10.1. The Morgan fingerprint density at radius 1 is 1.18 bits per heavy atom. The van der Waals surface area contributed by atoms with Crippen LogP contribution in [0.1, 0.15) is 30.1 Å². The third-order valence-electron chi connectivity index (χ3n) is 3.55. The van der Waals surface area contributed by atoms with Gasteiger partial charge in [-0.1, -0.05) is 30.3 Å². The van der Waals surface area contributed by atoms with Gasteiger partial charge in [0.05, 0.1) is 12.6 Å². The van der Waals surface area contributed by atoms with Gasteiger partial charge in [0.25, 0.3) is 0 Å².